The van der Waals surface area contributed by atoms with Gasteiger partial charge in [0.1, 0.15) is 12.4 Å². The van der Waals surface area contributed by atoms with Crippen LogP contribution >= 0.6 is 0 Å². The van der Waals surface area contributed by atoms with Crippen molar-refractivity contribution in [3.05, 3.63) is 29.8 Å². The maximum absolute atomic E-state index is 5.91. The third-order valence-corrected chi connectivity index (χ3v) is 4.01. The second-order valence-electron chi connectivity index (χ2n) is 5.66. The molecule has 1 saturated heterocycles. The van der Waals surface area contributed by atoms with E-state index >= 15 is 0 Å². The highest BCUT2D eigenvalue weighted by Crippen LogP contribution is 2.17. The molecule has 1 aliphatic heterocycles. The molecule has 1 heterocycles. The number of para-hydroxylation sites is 1. The van der Waals surface area contributed by atoms with Crippen LogP contribution in [0.5, 0.6) is 5.75 Å². The second kappa shape index (κ2) is 7.62. The maximum atomic E-state index is 5.91. The molecule has 20 heavy (non-hydrogen) atoms. The minimum Gasteiger partial charge on any atom is -0.492 e. The van der Waals surface area contributed by atoms with Crippen molar-refractivity contribution in [1.82, 2.24) is 9.80 Å². The molecule has 1 atom stereocenters. The molecule has 112 valence electrons. The minimum absolute atomic E-state index is 0.529. The molecule has 0 aromatic heterocycles. The summed E-state index contributed by atoms with van der Waals surface area (Å²) in [7, 11) is 2.20. The molecular weight excluding hydrogens is 250 g/mol. The highest BCUT2D eigenvalue weighted by atomic mass is 16.5. The van der Waals surface area contributed by atoms with Crippen molar-refractivity contribution in [3.63, 3.8) is 0 Å². The lowest BCUT2D eigenvalue weighted by molar-refractivity contribution is 0.165. The minimum atomic E-state index is 0.529. The van der Waals surface area contributed by atoms with Crippen LogP contribution in [-0.2, 0) is 6.54 Å². The van der Waals surface area contributed by atoms with Gasteiger partial charge in [-0.05, 0) is 39.5 Å². The Morgan fingerprint density at radius 3 is 2.90 bits per heavy atom. The van der Waals surface area contributed by atoms with Gasteiger partial charge in [0.05, 0.1) is 0 Å². The first-order valence-electron chi connectivity index (χ1n) is 7.54. The van der Waals surface area contributed by atoms with E-state index in [2.05, 4.69) is 23.8 Å². The first-order valence-corrected chi connectivity index (χ1v) is 7.54. The normalized spacial score (nSPS) is 21.6. The molecule has 2 N–H and O–H groups in total. The number of nitrogens with zero attached hydrogens (tertiary/aromatic N) is 2. The molecule has 0 aliphatic carbocycles. The summed E-state index contributed by atoms with van der Waals surface area (Å²) < 4.78 is 5.91. The number of hydrogen-bond donors (Lipinski definition) is 1. The average Bonchev–Trinajstić information content (AvgIpc) is 2.60. The van der Waals surface area contributed by atoms with Gasteiger partial charge in [-0.1, -0.05) is 18.2 Å². The van der Waals surface area contributed by atoms with Crippen LogP contribution in [0.4, 0.5) is 0 Å². The SMILES string of the molecule is CC1CN(C)CCCN1CCOc1ccccc1CN. The predicted octanol–water partition coefficient (Wildman–Crippen LogP) is 1.55. The molecule has 1 fully saturated rings. The number of ether oxygens (including phenoxy) is 1. The molecular formula is C16H27N3O. The van der Waals surface area contributed by atoms with Crippen LogP contribution in [0.2, 0.25) is 0 Å². The number of hydrogen-bond acceptors (Lipinski definition) is 4. The molecule has 4 nitrogen and oxygen atoms in total. The zero-order valence-corrected chi connectivity index (χ0v) is 12.7. The number of rotatable bonds is 5. The maximum Gasteiger partial charge on any atom is 0.123 e. The van der Waals surface area contributed by atoms with E-state index in [0.717, 1.165) is 37.6 Å². The van der Waals surface area contributed by atoms with E-state index in [0.29, 0.717) is 12.6 Å². The van der Waals surface area contributed by atoms with E-state index in [1.807, 2.05) is 24.3 Å². The Morgan fingerprint density at radius 2 is 2.10 bits per heavy atom. The van der Waals surface area contributed by atoms with Gasteiger partial charge in [-0.3, -0.25) is 4.90 Å². The molecule has 0 amide bonds. The lowest BCUT2D eigenvalue weighted by Crippen LogP contribution is -2.40. The van der Waals surface area contributed by atoms with Crippen LogP contribution in [0.15, 0.2) is 24.3 Å². The molecule has 1 unspecified atom stereocenters. The fourth-order valence-electron chi connectivity index (χ4n) is 2.84. The zero-order chi connectivity index (χ0) is 14.4. The number of benzene rings is 1. The summed E-state index contributed by atoms with van der Waals surface area (Å²) >= 11 is 0. The molecule has 2 rings (SSSR count). The molecule has 1 aliphatic rings. The van der Waals surface area contributed by atoms with Crippen molar-refractivity contribution in [1.29, 1.82) is 0 Å². The Morgan fingerprint density at radius 1 is 1.30 bits per heavy atom. The third kappa shape index (κ3) is 4.20. The predicted molar refractivity (Wildman–Crippen MR) is 83.0 cm³/mol. The fraction of sp³-hybridized carbons (Fsp3) is 0.625. The third-order valence-electron chi connectivity index (χ3n) is 4.01. The number of nitrogens with two attached hydrogens (primary N) is 1. The Hall–Kier alpha value is -1.10. The summed E-state index contributed by atoms with van der Waals surface area (Å²) in [5, 5.41) is 0. The van der Waals surface area contributed by atoms with E-state index in [1.165, 1.54) is 13.0 Å². The van der Waals surface area contributed by atoms with Crippen molar-refractivity contribution in [3.8, 4) is 5.75 Å². The lowest BCUT2D eigenvalue weighted by atomic mass is 10.2. The topological polar surface area (TPSA) is 41.7 Å². The van der Waals surface area contributed by atoms with Crippen LogP contribution in [0.3, 0.4) is 0 Å². The quantitative estimate of drug-likeness (QED) is 0.886. The van der Waals surface area contributed by atoms with E-state index in [1.54, 1.807) is 0 Å². The van der Waals surface area contributed by atoms with E-state index in [4.69, 9.17) is 10.5 Å². The summed E-state index contributed by atoms with van der Waals surface area (Å²) in [4.78, 5) is 4.93. The van der Waals surface area contributed by atoms with Crippen molar-refractivity contribution in [2.75, 3.05) is 39.8 Å². The van der Waals surface area contributed by atoms with Crippen LogP contribution < -0.4 is 10.5 Å². The van der Waals surface area contributed by atoms with Gasteiger partial charge in [-0.2, -0.15) is 0 Å². The van der Waals surface area contributed by atoms with E-state index < -0.39 is 0 Å². The average molecular weight is 277 g/mol. The Labute approximate surface area is 122 Å². The zero-order valence-electron chi connectivity index (χ0n) is 12.7. The van der Waals surface area contributed by atoms with Crippen LogP contribution in [0, 0.1) is 0 Å². The van der Waals surface area contributed by atoms with Crippen molar-refractivity contribution in [2.45, 2.75) is 25.9 Å². The smallest absolute Gasteiger partial charge is 0.123 e. The van der Waals surface area contributed by atoms with Crippen LogP contribution in [0.1, 0.15) is 18.9 Å². The van der Waals surface area contributed by atoms with Crippen LogP contribution in [-0.4, -0.2) is 55.7 Å². The lowest BCUT2D eigenvalue weighted by Gasteiger charge is -2.27. The molecule has 0 saturated carbocycles. The summed E-state index contributed by atoms with van der Waals surface area (Å²) in [5.41, 5.74) is 6.81. The molecule has 0 spiro atoms. The van der Waals surface area contributed by atoms with Gasteiger partial charge in [0, 0.05) is 31.2 Å². The number of likely N-dealkylation sites (N-methyl/N-ethyl adjacent to an activating group) is 1. The first-order chi connectivity index (χ1) is 9.70. The van der Waals surface area contributed by atoms with Crippen molar-refractivity contribution in [2.24, 2.45) is 5.73 Å². The van der Waals surface area contributed by atoms with Gasteiger partial charge in [-0.15, -0.1) is 0 Å². The highest BCUT2D eigenvalue weighted by molar-refractivity contribution is 5.32. The summed E-state index contributed by atoms with van der Waals surface area (Å²) in [5.74, 6) is 0.926. The van der Waals surface area contributed by atoms with Gasteiger partial charge >= 0.3 is 0 Å². The van der Waals surface area contributed by atoms with E-state index in [9.17, 15) is 0 Å². The summed E-state index contributed by atoms with van der Waals surface area (Å²) in [6.07, 6.45) is 1.24. The van der Waals surface area contributed by atoms with Gasteiger partial charge < -0.3 is 15.4 Å². The second-order valence-corrected chi connectivity index (χ2v) is 5.66. The van der Waals surface area contributed by atoms with Crippen molar-refractivity contribution < 1.29 is 4.74 Å². The standard InChI is InChI=1S/C16H27N3O/c1-14-13-18(2)8-5-9-19(14)10-11-20-16-7-4-3-6-15(16)12-17/h3-4,6-7,14H,5,8-13,17H2,1-2H3. The summed E-state index contributed by atoms with van der Waals surface area (Å²) in [6, 6.07) is 8.62. The van der Waals surface area contributed by atoms with Gasteiger partial charge in [0.15, 0.2) is 0 Å². The Balaban J connectivity index is 1.83. The molecule has 4 heteroatoms. The largest absolute Gasteiger partial charge is 0.492 e. The Bertz CT molecular complexity index is 410. The highest BCUT2D eigenvalue weighted by Gasteiger charge is 2.19. The molecule has 0 radical (unpaired) electrons. The monoisotopic (exact) mass is 277 g/mol. The summed E-state index contributed by atoms with van der Waals surface area (Å²) in [6.45, 7) is 8.03. The fourth-order valence-corrected chi connectivity index (χ4v) is 2.84. The van der Waals surface area contributed by atoms with E-state index in [-0.39, 0.29) is 0 Å². The first kappa shape index (κ1) is 15.3. The molecule has 0 bridgehead atoms. The molecule has 1 aromatic carbocycles. The van der Waals surface area contributed by atoms with Crippen molar-refractivity contribution >= 4 is 0 Å². The molecule has 1 aromatic rings. The van der Waals surface area contributed by atoms with Gasteiger partial charge in [-0.25, -0.2) is 0 Å². The van der Waals surface area contributed by atoms with Gasteiger partial charge in [0.2, 0.25) is 0 Å². The van der Waals surface area contributed by atoms with Crippen LogP contribution in [0.25, 0.3) is 0 Å². The Kier molecular flexibility index (Phi) is 5.83. The van der Waals surface area contributed by atoms with Gasteiger partial charge in [0.25, 0.3) is 0 Å².